The highest BCUT2D eigenvalue weighted by atomic mass is 32.2. The number of hydrogen-bond donors (Lipinski definition) is 2. The number of fused-ring (bicyclic) bond motifs is 3. The minimum Gasteiger partial charge on any atom is -0.497 e. The van der Waals surface area contributed by atoms with Gasteiger partial charge in [-0.15, -0.1) is 0 Å². The number of primary amides is 1. The van der Waals surface area contributed by atoms with Crippen LogP contribution in [0.25, 0.3) is 10.9 Å². The molecule has 9 heteroatoms. The lowest BCUT2D eigenvalue weighted by molar-refractivity contribution is 0.0271. The molecule has 1 aliphatic rings. The van der Waals surface area contributed by atoms with Gasteiger partial charge in [0.25, 0.3) is 0 Å². The molecule has 8 nitrogen and oxygen atoms in total. The molecule has 0 aliphatic carbocycles. The van der Waals surface area contributed by atoms with Crippen molar-refractivity contribution >= 4 is 27.0 Å². The van der Waals surface area contributed by atoms with Gasteiger partial charge in [-0.2, -0.15) is 4.31 Å². The van der Waals surface area contributed by atoms with Gasteiger partial charge in [0, 0.05) is 23.0 Å². The van der Waals surface area contributed by atoms with Crippen LogP contribution in [0.1, 0.15) is 11.3 Å². The number of carbonyl (C=O) groups is 1. The van der Waals surface area contributed by atoms with Crippen LogP contribution in [0.5, 0.6) is 5.75 Å². The SMILES string of the molecule is COc1ccc(S(=O)(=O)N2Cc3[nH]c4ccccc4c3C[C@@H]2OC(N)=O)cc1. The molecule has 1 amide bonds. The Labute approximate surface area is 161 Å². The molecule has 1 atom stereocenters. The van der Waals surface area contributed by atoms with Crippen LogP contribution in [-0.4, -0.2) is 37.1 Å². The minimum absolute atomic E-state index is 0.0380. The molecule has 28 heavy (non-hydrogen) atoms. The topological polar surface area (TPSA) is 115 Å². The molecule has 3 N–H and O–H groups in total. The largest absolute Gasteiger partial charge is 0.497 e. The van der Waals surface area contributed by atoms with E-state index in [2.05, 4.69) is 4.98 Å². The molecule has 0 saturated heterocycles. The molecule has 3 aromatic rings. The number of aromatic amines is 1. The van der Waals surface area contributed by atoms with Gasteiger partial charge in [-0.25, -0.2) is 13.2 Å². The van der Waals surface area contributed by atoms with Gasteiger partial charge in [0.15, 0.2) is 6.23 Å². The van der Waals surface area contributed by atoms with E-state index in [0.29, 0.717) is 5.75 Å². The van der Waals surface area contributed by atoms with Gasteiger partial charge < -0.3 is 20.2 Å². The minimum atomic E-state index is -3.94. The van der Waals surface area contributed by atoms with Crippen LogP contribution in [0.3, 0.4) is 0 Å². The first kappa shape index (κ1) is 18.3. The lowest BCUT2D eigenvalue weighted by Gasteiger charge is -2.33. The van der Waals surface area contributed by atoms with Crippen LogP contribution in [-0.2, 0) is 27.7 Å². The van der Waals surface area contributed by atoms with Crippen LogP contribution < -0.4 is 10.5 Å². The molecule has 2 heterocycles. The highest BCUT2D eigenvalue weighted by Crippen LogP contribution is 2.34. The van der Waals surface area contributed by atoms with Crippen molar-refractivity contribution < 1.29 is 22.7 Å². The van der Waals surface area contributed by atoms with Crippen molar-refractivity contribution in [1.82, 2.24) is 9.29 Å². The number of H-pyrrole nitrogens is 1. The highest BCUT2D eigenvalue weighted by Gasteiger charge is 2.39. The summed E-state index contributed by atoms with van der Waals surface area (Å²) in [6.07, 6.45) is -1.85. The van der Waals surface area contributed by atoms with Gasteiger partial charge in [0.05, 0.1) is 18.6 Å². The fraction of sp³-hybridized carbons (Fsp3) is 0.211. The van der Waals surface area contributed by atoms with Gasteiger partial charge >= 0.3 is 6.09 Å². The van der Waals surface area contributed by atoms with Crippen molar-refractivity contribution in [2.24, 2.45) is 5.73 Å². The Hall–Kier alpha value is -3.04. The molecule has 0 bridgehead atoms. The number of nitrogens with zero attached hydrogens (tertiary/aromatic N) is 1. The van der Waals surface area contributed by atoms with E-state index < -0.39 is 22.3 Å². The number of carbonyl (C=O) groups excluding carboxylic acids is 1. The van der Waals surface area contributed by atoms with E-state index in [1.165, 1.54) is 19.2 Å². The van der Waals surface area contributed by atoms with Crippen LogP contribution in [0.4, 0.5) is 4.79 Å². The lowest BCUT2D eigenvalue weighted by atomic mass is 10.0. The third kappa shape index (κ3) is 3.08. The van der Waals surface area contributed by atoms with Crippen molar-refractivity contribution in [2.75, 3.05) is 7.11 Å². The second-order valence-corrected chi connectivity index (χ2v) is 8.34. The Bertz CT molecular complexity index is 1140. The zero-order valence-electron chi connectivity index (χ0n) is 15.1. The summed E-state index contributed by atoms with van der Waals surface area (Å²) in [5.41, 5.74) is 7.79. The summed E-state index contributed by atoms with van der Waals surface area (Å²) in [5, 5.41) is 0.970. The Balaban J connectivity index is 1.77. The third-order valence-corrected chi connectivity index (χ3v) is 6.68. The second-order valence-electron chi connectivity index (χ2n) is 6.45. The molecule has 2 aromatic carbocycles. The number of aromatic nitrogens is 1. The third-order valence-electron chi connectivity index (χ3n) is 4.83. The number of rotatable bonds is 4. The monoisotopic (exact) mass is 401 g/mol. The molecular weight excluding hydrogens is 382 g/mol. The Morgan fingerprint density at radius 1 is 1.18 bits per heavy atom. The summed E-state index contributed by atoms with van der Waals surface area (Å²) in [6, 6.07) is 13.7. The standard InChI is InChI=1S/C19H19N3O5S/c1-26-12-6-8-13(9-7-12)28(24,25)22-11-17-15(10-18(22)27-19(20)23)14-4-2-3-5-16(14)21-17/h2-9,18,21H,10-11H2,1H3,(H2,20,23)/t18-/m0/s1. The molecule has 0 unspecified atom stereocenters. The number of amides is 1. The Morgan fingerprint density at radius 3 is 2.57 bits per heavy atom. The van der Waals surface area contributed by atoms with Gasteiger partial charge in [-0.05, 0) is 35.9 Å². The number of nitrogens with one attached hydrogen (secondary N) is 1. The first-order valence-electron chi connectivity index (χ1n) is 8.60. The average Bonchev–Trinajstić information content (AvgIpc) is 3.04. The van der Waals surface area contributed by atoms with Crippen LogP contribution >= 0.6 is 0 Å². The van der Waals surface area contributed by atoms with Gasteiger partial charge in [0.2, 0.25) is 10.0 Å². The van der Waals surface area contributed by atoms with E-state index in [4.69, 9.17) is 15.2 Å². The summed E-state index contributed by atoms with van der Waals surface area (Å²) in [4.78, 5) is 14.8. The van der Waals surface area contributed by atoms with Crippen LogP contribution in [0.15, 0.2) is 53.4 Å². The van der Waals surface area contributed by atoms with Gasteiger partial charge in [-0.1, -0.05) is 18.2 Å². The zero-order chi connectivity index (χ0) is 19.9. The quantitative estimate of drug-likeness (QED) is 0.696. The smallest absolute Gasteiger partial charge is 0.406 e. The summed E-state index contributed by atoms with van der Waals surface area (Å²) in [6.45, 7) is 0.0380. The molecule has 1 aromatic heterocycles. The van der Waals surface area contributed by atoms with E-state index in [1.807, 2.05) is 24.3 Å². The fourth-order valence-corrected chi connectivity index (χ4v) is 4.99. The number of nitrogens with two attached hydrogens (primary N) is 1. The Morgan fingerprint density at radius 2 is 1.89 bits per heavy atom. The molecule has 146 valence electrons. The predicted octanol–water partition coefficient (Wildman–Crippen LogP) is 2.34. The first-order valence-corrected chi connectivity index (χ1v) is 10.0. The number of benzene rings is 2. The summed E-state index contributed by atoms with van der Waals surface area (Å²) >= 11 is 0. The maximum absolute atomic E-state index is 13.2. The maximum Gasteiger partial charge on any atom is 0.406 e. The predicted molar refractivity (Wildman–Crippen MR) is 102 cm³/mol. The molecule has 1 aliphatic heterocycles. The Kier molecular flexibility index (Phi) is 4.48. The van der Waals surface area contributed by atoms with Crippen LogP contribution in [0, 0.1) is 0 Å². The number of para-hydroxylation sites is 1. The molecule has 0 radical (unpaired) electrons. The van der Waals surface area contributed by atoms with E-state index >= 15 is 0 Å². The van der Waals surface area contributed by atoms with E-state index in [1.54, 1.807) is 12.1 Å². The van der Waals surface area contributed by atoms with Gasteiger partial charge in [0.1, 0.15) is 5.75 Å². The van der Waals surface area contributed by atoms with Crippen molar-refractivity contribution in [3.63, 3.8) is 0 Å². The van der Waals surface area contributed by atoms with Crippen molar-refractivity contribution in [3.05, 3.63) is 59.8 Å². The summed E-state index contributed by atoms with van der Waals surface area (Å²) in [5.74, 6) is 0.542. The van der Waals surface area contributed by atoms with Crippen molar-refractivity contribution in [1.29, 1.82) is 0 Å². The summed E-state index contributed by atoms with van der Waals surface area (Å²) < 4.78 is 37.9. The normalized spacial score (nSPS) is 17.2. The molecule has 0 spiro atoms. The first-order chi connectivity index (χ1) is 13.4. The zero-order valence-corrected chi connectivity index (χ0v) is 15.9. The molecule has 0 fully saturated rings. The lowest BCUT2D eigenvalue weighted by Crippen LogP contribution is -2.47. The maximum atomic E-state index is 13.2. The van der Waals surface area contributed by atoms with Crippen molar-refractivity contribution in [2.45, 2.75) is 24.1 Å². The van der Waals surface area contributed by atoms with Crippen molar-refractivity contribution in [3.8, 4) is 5.75 Å². The van der Waals surface area contributed by atoms with E-state index in [0.717, 1.165) is 26.5 Å². The number of sulfonamides is 1. The van der Waals surface area contributed by atoms with E-state index in [-0.39, 0.29) is 17.9 Å². The number of methoxy groups -OCH3 is 1. The average molecular weight is 401 g/mol. The number of ether oxygens (including phenoxy) is 2. The highest BCUT2D eigenvalue weighted by molar-refractivity contribution is 7.89. The molecule has 0 saturated carbocycles. The second kappa shape index (κ2) is 6.84. The number of hydrogen-bond acceptors (Lipinski definition) is 5. The molecule has 4 rings (SSSR count). The summed E-state index contributed by atoms with van der Waals surface area (Å²) in [7, 11) is -2.43. The van der Waals surface area contributed by atoms with E-state index in [9.17, 15) is 13.2 Å². The molecular formula is C19H19N3O5S. The fourth-order valence-electron chi connectivity index (χ4n) is 3.52. The van der Waals surface area contributed by atoms with Gasteiger partial charge in [-0.3, -0.25) is 0 Å². The van der Waals surface area contributed by atoms with Crippen LogP contribution in [0.2, 0.25) is 0 Å².